The molecule has 0 aliphatic carbocycles. The molecule has 27 heavy (non-hydrogen) atoms. The first-order valence-corrected chi connectivity index (χ1v) is 9.33. The fourth-order valence-electron chi connectivity index (χ4n) is 2.77. The minimum absolute atomic E-state index is 0.238. The first-order valence-electron chi connectivity index (χ1n) is 8.55. The summed E-state index contributed by atoms with van der Waals surface area (Å²) in [7, 11) is 0. The van der Waals surface area contributed by atoms with Gasteiger partial charge in [0.15, 0.2) is 0 Å². The maximum atomic E-state index is 12.8. The van der Waals surface area contributed by atoms with Crippen LogP contribution in [0.5, 0.6) is 5.75 Å². The van der Waals surface area contributed by atoms with Gasteiger partial charge >= 0.3 is 0 Å². The van der Waals surface area contributed by atoms with E-state index < -0.39 is 0 Å². The number of para-hydroxylation sites is 2. The van der Waals surface area contributed by atoms with E-state index in [2.05, 4.69) is 14.7 Å². The summed E-state index contributed by atoms with van der Waals surface area (Å²) in [6.45, 7) is 3.16. The molecular weight excluding hydrogens is 360 g/mol. The quantitative estimate of drug-likeness (QED) is 0.548. The number of nitrogens with zero attached hydrogens (tertiary/aromatic N) is 3. The Morgan fingerprint density at radius 2 is 2.15 bits per heavy atom. The Hall–Kier alpha value is -3.19. The average Bonchev–Trinajstić information content (AvgIpc) is 3.32. The van der Waals surface area contributed by atoms with Crippen molar-refractivity contribution in [3.8, 4) is 5.75 Å². The zero-order chi connectivity index (χ0) is 18.6. The average molecular weight is 378 g/mol. The van der Waals surface area contributed by atoms with E-state index in [1.165, 1.54) is 11.5 Å². The van der Waals surface area contributed by atoms with Crippen LogP contribution in [0.25, 0.3) is 10.1 Å². The van der Waals surface area contributed by atoms with Crippen molar-refractivity contribution in [2.45, 2.75) is 13.5 Å². The van der Waals surface area contributed by atoms with Gasteiger partial charge in [-0.05, 0) is 42.7 Å². The number of aryl methyl sites for hydroxylation is 1. The van der Waals surface area contributed by atoms with Crippen molar-refractivity contribution in [1.82, 2.24) is 13.9 Å². The number of rotatable bonds is 6. The molecule has 1 amide bonds. The van der Waals surface area contributed by atoms with E-state index in [1.807, 2.05) is 60.2 Å². The molecule has 136 valence electrons. The second-order valence-electron chi connectivity index (χ2n) is 6.13. The zero-order valence-electron chi connectivity index (χ0n) is 14.8. The number of benzene rings is 2. The molecule has 0 bridgehead atoms. The number of carbonyl (C=O) groups is 1. The molecule has 0 spiro atoms. The molecule has 0 radical (unpaired) electrons. The highest BCUT2D eigenvalue weighted by molar-refractivity contribution is 7.13. The SMILES string of the molecule is Cc1ccc2snc(C(=O)Nc3ccccc3OCCn3ccnc3)c2c1. The van der Waals surface area contributed by atoms with E-state index in [9.17, 15) is 4.79 Å². The first-order chi connectivity index (χ1) is 13.2. The molecule has 6 nitrogen and oxygen atoms in total. The van der Waals surface area contributed by atoms with E-state index in [1.54, 1.807) is 12.5 Å². The van der Waals surface area contributed by atoms with Crippen molar-refractivity contribution >= 4 is 33.2 Å². The number of hydrogen-bond donors (Lipinski definition) is 1. The van der Waals surface area contributed by atoms with Gasteiger partial charge in [-0.2, -0.15) is 4.37 Å². The highest BCUT2D eigenvalue weighted by Crippen LogP contribution is 2.27. The Kier molecular flexibility index (Phi) is 4.84. The number of anilines is 1. The molecule has 0 aliphatic heterocycles. The molecule has 0 saturated heterocycles. The number of aromatic nitrogens is 3. The molecule has 0 fully saturated rings. The Bertz CT molecular complexity index is 1070. The number of hydrogen-bond acceptors (Lipinski definition) is 5. The summed E-state index contributed by atoms with van der Waals surface area (Å²) in [6.07, 6.45) is 5.35. The molecule has 0 saturated carbocycles. The molecule has 0 atom stereocenters. The fourth-order valence-corrected chi connectivity index (χ4v) is 3.53. The Morgan fingerprint density at radius 1 is 1.26 bits per heavy atom. The van der Waals surface area contributed by atoms with Gasteiger partial charge in [0.05, 0.1) is 23.3 Å². The van der Waals surface area contributed by atoms with Crippen LogP contribution in [-0.2, 0) is 6.54 Å². The zero-order valence-corrected chi connectivity index (χ0v) is 15.6. The van der Waals surface area contributed by atoms with Crippen molar-refractivity contribution in [2.24, 2.45) is 0 Å². The molecule has 2 aromatic carbocycles. The van der Waals surface area contributed by atoms with Gasteiger partial charge in [0.2, 0.25) is 0 Å². The van der Waals surface area contributed by atoms with Crippen LogP contribution in [0, 0.1) is 6.92 Å². The van der Waals surface area contributed by atoms with Crippen LogP contribution < -0.4 is 10.1 Å². The predicted octanol–water partition coefficient (Wildman–Crippen LogP) is 4.13. The number of imidazole rings is 1. The second kappa shape index (κ2) is 7.59. The topological polar surface area (TPSA) is 69.0 Å². The smallest absolute Gasteiger partial charge is 0.276 e. The van der Waals surface area contributed by atoms with Gasteiger partial charge in [-0.1, -0.05) is 23.8 Å². The second-order valence-corrected chi connectivity index (χ2v) is 6.94. The van der Waals surface area contributed by atoms with Crippen molar-refractivity contribution in [3.63, 3.8) is 0 Å². The Balaban J connectivity index is 1.50. The number of amides is 1. The van der Waals surface area contributed by atoms with Crippen LogP contribution in [-0.4, -0.2) is 26.4 Å². The van der Waals surface area contributed by atoms with Gasteiger partial charge in [-0.3, -0.25) is 4.79 Å². The first kappa shape index (κ1) is 17.2. The molecular formula is C20H18N4O2S. The number of nitrogens with one attached hydrogen (secondary N) is 1. The monoisotopic (exact) mass is 378 g/mol. The number of ether oxygens (including phenoxy) is 1. The molecule has 4 aromatic rings. The van der Waals surface area contributed by atoms with Crippen LogP contribution in [0.4, 0.5) is 5.69 Å². The van der Waals surface area contributed by atoms with Gasteiger partial charge < -0.3 is 14.6 Å². The van der Waals surface area contributed by atoms with E-state index >= 15 is 0 Å². The molecule has 0 unspecified atom stereocenters. The van der Waals surface area contributed by atoms with Crippen LogP contribution in [0.1, 0.15) is 16.1 Å². The Labute approximate surface area is 160 Å². The number of carbonyl (C=O) groups excluding carboxylic acids is 1. The molecule has 2 aromatic heterocycles. The van der Waals surface area contributed by atoms with Gasteiger partial charge in [-0.25, -0.2) is 4.98 Å². The van der Waals surface area contributed by atoms with Gasteiger partial charge in [0.1, 0.15) is 18.1 Å². The van der Waals surface area contributed by atoms with E-state index in [0.717, 1.165) is 15.6 Å². The molecule has 7 heteroatoms. The highest BCUT2D eigenvalue weighted by atomic mass is 32.1. The van der Waals surface area contributed by atoms with Gasteiger partial charge in [-0.15, -0.1) is 0 Å². The van der Waals surface area contributed by atoms with E-state index in [4.69, 9.17) is 4.74 Å². The molecule has 4 rings (SSSR count). The van der Waals surface area contributed by atoms with Gasteiger partial charge in [0.25, 0.3) is 5.91 Å². The largest absolute Gasteiger partial charge is 0.490 e. The van der Waals surface area contributed by atoms with Crippen LogP contribution in [0.2, 0.25) is 0 Å². The van der Waals surface area contributed by atoms with Crippen molar-refractivity contribution in [3.05, 3.63) is 72.4 Å². The Morgan fingerprint density at radius 3 is 3.00 bits per heavy atom. The predicted molar refractivity (Wildman–Crippen MR) is 106 cm³/mol. The minimum atomic E-state index is -0.238. The third-order valence-electron chi connectivity index (χ3n) is 4.14. The van der Waals surface area contributed by atoms with Crippen molar-refractivity contribution in [2.75, 3.05) is 11.9 Å². The summed E-state index contributed by atoms with van der Waals surface area (Å²) in [5, 5.41) is 3.80. The normalized spacial score (nSPS) is 10.9. The lowest BCUT2D eigenvalue weighted by atomic mass is 10.1. The third kappa shape index (κ3) is 3.83. The summed E-state index contributed by atoms with van der Waals surface area (Å²) in [4.78, 5) is 16.8. The maximum Gasteiger partial charge on any atom is 0.276 e. The van der Waals surface area contributed by atoms with Crippen LogP contribution in [0.15, 0.2) is 61.2 Å². The van der Waals surface area contributed by atoms with E-state index in [-0.39, 0.29) is 5.91 Å². The number of fused-ring (bicyclic) bond motifs is 1. The summed E-state index contributed by atoms with van der Waals surface area (Å²) in [6, 6.07) is 13.4. The molecule has 2 heterocycles. The van der Waals surface area contributed by atoms with E-state index in [0.29, 0.717) is 30.3 Å². The van der Waals surface area contributed by atoms with Crippen molar-refractivity contribution < 1.29 is 9.53 Å². The minimum Gasteiger partial charge on any atom is -0.490 e. The lowest BCUT2D eigenvalue weighted by Gasteiger charge is -2.12. The lowest BCUT2D eigenvalue weighted by molar-refractivity contribution is 0.102. The van der Waals surface area contributed by atoms with Crippen molar-refractivity contribution in [1.29, 1.82) is 0 Å². The summed E-state index contributed by atoms with van der Waals surface area (Å²) in [5.41, 5.74) is 2.16. The van der Waals surface area contributed by atoms with Gasteiger partial charge in [0, 0.05) is 17.8 Å². The summed E-state index contributed by atoms with van der Waals surface area (Å²) in [5.74, 6) is 0.388. The van der Waals surface area contributed by atoms with Crippen LogP contribution >= 0.6 is 11.5 Å². The maximum absolute atomic E-state index is 12.8. The van der Waals surface area contributed by atoms with Crippen LogP contribution in [0.3, 0.4) is 0 Å². The fraction of sp³-hybridized carbons (Fsp3) is 0.150. The summed E-state index contributed by atoms with van der Waals surface area (Å²) < 4.78 is 13.1. The summed E-state index contributed by atoms with van der Waals surface area (Å²) >= 11 is 1.33. The third-order valence-corrected chi connectivity index (χ3v) is 4.97. The highest BCUT2D eigenvalue weighted by Gasteiger charge is 2.16. The standard InChI is InChI=1S/C20H18N4O2S/c1-14-6-7-18-15(12-14)19(23-27-18)20(25)22-16-4-2-3-5-17(16)26-11-10-24-9-8-21-13-24/h2-9,12-13H,10-11H2,1H3,(H,22,25). The molecule has 1 N–H and O–H groups in total. The molecule has 0 aliphatic rings. The lowest BCUT2D eigenvalue weighted by Crippen LogP contribution is -2.14.